The van der Waals surface area contributed by atoms with Crippen molar-refractivity contribution < 1.29 is 4.79 Å². The van der Waals surface area contributed by atoms with E-state index in [-0.39, 0.29) is 11.2 Å². The van der Waals surface area contributed by atoms with Crippen LogP contribution in [0.15, 0.2) is 140 Å². The summed E-state index contributed by atoms with van der Waals surface area (Å²) in [6, 6.07) is 48.8. The zero-order valence-corrected chi connectivity index (χ0v) is 25.6. The van der Waals surface area contributed by atoms with Crippen LogP contribution in [0.4, 0.5) is 17.1 Å². The lowest BCUT2D eigenvalue weighted by atomic mass is 9.82. The summed E-state index contributed by atoms with van der Waals surface area (Å²) < 4.78 is 0. The van der Waals surface area contributed by atoms with Crippen LogP contribution in [0.2, 0.25) is 0 Å². The molecule has 0 N–H and O–H groups in total. The van der Waals surface area contributed by atoms with Gasteiger partial charge in [-0.1, -0.05) is 137 Å². The Kier molecular flexibility index (Phi) is 6.78. The molecule has 0 heterocycles. The van der Waals surface area contributed by atoms with E-state index in [4.69, 9.17) is 0 Å². The average Bonchev–Trinajstić information content (AvgIpc) is 3.50. The Morgan fingerprint density at radius 1 is 0.477 bits per heavy atom. The lowest BCUT2D eigenvalue weighted by molar-refractivity contribution is 0.104. The molecule has 6 aromatic carbocycles. The van der Waals surface area contributed by atoms with E-state index in [9.17, 15) is 4.79 Å². The van der Waals surface area contributed by atoms with E-state index < -0.39 is 0 Å². The van der Waals surface area contributed by atoms with Crippen LogP contribution in [-0.2, 0) is 5.41 Å². The standard InChI is InChI=1S/C40H29NO.C2H6/c1-40(2)35-17-9-8-14-31(35)32-24-23-29(25-36(32)40)41(28-21-19-27(20-22-28)26-11-4-3-5-12-26)37-18-10-16-33-30-13-6-7-15-34(30)39(42)38(33)37;1-2/h3-25H,1-2H3;1-2H3. The molecule has 2 aliphatic rings. The average molecular weight is 570 g/mol. The van der Waals surface area contributed by atoms with E-state index in [2.05, 4.69) is 134 Å². The highest BCUT2D eigenvalue weighted by Gasteiger charge is 2.36. The number of benzene rings is 6. The van der Waals surface area contributed by atoms with Gasteiger partial charge in [-0.3, -0.25) is 4.79 Å². The molecule has 214 valence electrons. The van der Waals surface area contributed by atoms with Crippen molar-refractivity contribution in [1.82, 2.24) is 0 Å². The monoisotopic (exact) mass is 569 g/mol. The fraction of sp³-hybridized carbons (Fsp3) is 0.119. The van der Waals surface area contributed by atoms with Gasteiger partial charge >= 0.3 is 0 Å². The van der Waals surface area contributed by atoms with Crippen LogP contribution in [0.1, 0.15) is 54.7 Å². The van der Waals surface area contributed by atoms with Gasteiger partial charge in [-0.05, 0) is 74.8 Å². The van der Waals surface area contributed by atoms with Crippen molar-refractivity contribution in [2.45, 2.75) is 33.1 Å². The molecule has 0 aromatic heterocycles. The molecule has 0 unspecified atom stereocenters. The topological polar surface area (TPSA) is 20.3 Å². The van der Waals surface area contributed by atoms with Gasteiger partial charge in [-0.2, -0.15) is 0 Å². The molecule has 8 rings (SSSR count). The van der Waals surface area contributed by atoms with E-state index in [1.54, 1.807) is 0 Å². The SMILES string of the molecule is CC.CC1(C)c2ccccc2-c2ccc(N(c3ccc(-c4ccccc4)cc3)c3cccc4c3C(=O)c3ccccc3-4)cc21. The second-order valence-corrected chi connectivity index (χ2v) is 11.7. The predicted octanol–water partition coefficient (Wildman–Crippen LogP) is 11.4. The van der Waals surface area contributed by atoms with E-state index in [0.29, 0.717) is 0 Å². The number of carbonyl (C=O) groups is 1. The maximum atomic E-state index is 13.9. The highest BCUT2D eigenvalue weighted by atomic mass is 16.1. The predicted molar refractivity (Wildman–Crippen MR) is 184 cm³/mol. The Morgan fingerprint density at radius 3 is 1.80 bits per heavy atom. The van der Waals surface area contributed by atoms with Crippen LogP contribution in [0, 0.1) is 0 Å². The Bertz CT molecular complexity index is 2020. The fourth-order valence-corrected chi connectivity index (χ4v) is 6.93. The third-order valence-corrected chi connectivity index (χ3v) is 9.03. The molecule has 0 fully saturated rings. The van der Waals surface area contributed by atoms with Gasteiger partial charge in [0, 0.05) is 22.4 Å². The smallest absolute Gasteiger partial charge is 0.196 e. The molecule has 44 heavy (non-hydrogen) atoms. The summed E-state index contributed by atoms with van der Waals surface area (Å²) in [6.07, 6.45) is 0. The second-order valence-electron chi connectivity index (χ2n) is 11.7. The zero-order chi connectivity index (χ0) is 30.4. The molecule has 2 heteroatoms. The van der Waals surface area contributed by atoms with Crippen LogP contribution in [0.3, 0.4) is 0 Å². The Morgan fingerprint density at radius 2 is 1.05 bits per heavy atom. The quantitative estimate of drug-likeness (QED) is 0.210. The van der Waals surface area contributed by atoms with Crippen molar-refractivity contribution in [3.8, 4) is 33.4 Å². The summed E-state index contributed by atoms with van der Waals surface area (Å²) in [7, 11) is 0. The molecule has 0 aliphatic heterocycles. The molecule has 0 bridgehead atoms. The first kappa shape index (κ1) is 27.6. The lowest BCUT2D eigenvalue weighted by Crippen LogP contribution is -2.17. The molecule has 2 aliphatic carbocycles. The Balaban J connectivity index is 0.00000153. The summed E-state index contributed by atoms with van der Waals surface area (Å²) in [5, 5.41) is 0. The number of fused-ring (bicyclic) bond motifs is 6. The summed E-state index contributed by atoms with van der Waals surface area (Å²) in [4.78, 5) is 16.2. The van der Waals surface area contributed by atoms with Crippen LogP contribution >= 0.6 is 0 Å². The van der Waals surface area contributed by atoms with E-state index >= 15 is 0 Å². The first-order valence-electron chi connectivity index (χ1n) is 15.5. The number of anilines is 3. The zero-order valence-electron chi connectivity index (χ0n) is 25.6. The van der Waals surface area contributed by atoms with E-state index in [1.165, 1.54) is 27.8 Å². The van der Waals surface area contributed by atoms with E-state index in [0.717, 1.165) is 44.9 Å². The van der Waals surface area contributed by atoms with Crippen LogP contribution in [0.25, 0.3) is 33.4 Å². The van der Waals surface area contributed by atoms with Crippen LogP contribution in [0.5, 0.6) is 0 Å². The van der Waals surface area contributed by atoms with Gasteiger partial charge in [-0.15, -0.1) is 0 Å². The second kappa shape index (κ2) is 10.8. The van der Waals surface area contributed by atoms with Gasteiger partial charge in [0.05, 0.1) is 11.3 Å². The third-order valence-electron chi connectivity index (χ3n) is 9.03. The molecular weight excluding hydrogens is 534 g/mol. The van der Waals surface area contributed by atoms with E-state index in [1.807, 2.05) is 38.1 Å². The number of ketones is 1. The Labute approximate surface area is 260 Å². The minimum Gasteiger partial charge on any atom is -0.310 e. The van der Waals surface area contributed by atoms with Gasteiger partial charge in [0.2, 0.25) is 0 Å². The highest BCUT2D eigenvalue weighted by Crippen LogP contribution is 2.51. The third kappa shape index (κ3) is 4.21. The molecule has 2 nitrogen and oxygen atoms in total. The van der Waals surface area contributed by atoms with Crippen molar-refractivity contribution in [3.05, 3.63) is 162 Å². The minimum absolute atomic E-state index is 0.0796. The largest absolute Gasteiger partial charge is 0.310 e. The molecule has 0 atom stereocenters. The normalized spacial score (nSPS) is 13.2. The number of nitrogens with zero attached hydrogens (tertiary/aromatic N) is 1. The lowest BCUT2D eigenvalue weighted by Gasteiger charge is -2.29. The summed E-state index contributed by atoms with van der Waals surface area (Å²) in [6.45, 7) is 8.61. The minimum atomic E-state index is -0.129. The summed E-state index contributed by atoms with van der Waals surface area (Å²) in [5.41, 5.74) is 13.9. The summed E-state index contributed by atoms with van der Waals surface area (Å²) in [5.74, 6) is 0.0796. The molecule has 6 aromatic rings. The number of rotatable bonds is 4. The first-order valence-corrected chi connectivity index (χ1v) is 15.5. The van der Waals surface area contributed by atoms with Gasteiger partial charge in [0.25, 0.3) is 0 Å². The van der Waals surface area contributed by atoms with Crippen molar-refractivity contribution in [1.29, 1.82) is 0 Å². The molecule has 0 amide bonds. The highest BCUT2D eigenvalue weighted by molar-refractivity contribution is 6.25. The van der Waals surface area contributed by atoms with Crippen molar-refractivity contribution in [2.24, 2.45) is 0 Å². The fourth-order valence-electron chi connectivity index (χ4n) is 6.93. The number of carbonyl (C=O) groups excluding carboxylic acids is 1. The maximum absolute atomic E-state index is 13.9. The number of hydrogen-bond donors (Lipinski definition) is 0. The van der Waals surface area contributed by atoms with Crippen molar-refractivity contribution >= 4 is 22.8 Å². The molecule has 0 saturated carbocycles. The van der Waals surface area contributed by atoms with Crippen LogP contribution < -0.4 is 4.90 Å². The molecule has 0 spiro atoms. The molecule has 0 radical (unpaired) electrons. The van der Waals surface area contributed by atoms with Gasteiger partial charge in [0.1, 0.15) is 0 Å². The molecular formula is C42H35NO. The summed E-state index contributed by atoms with van der Waals surface area (Å²) >= 11 is 0. The molecule has 0 saturated heterocycles. The first-order chi connectivity index (χ1) is 21.5. The van der Waals surface area contributed by atoms with Gasteiger partial charge < -0.3 is 4.90 Å². The van der Waals surface area contributed by atoms with Gasteiger partial charge in [0.15, 0.2) is 5.78 Å². The van der Waals surface area contributed by atoms with Crippen LogP contribution in [-0.4, -0.2) is 5.78 Å². The Hall–Kier alpha value is -5.21. The van der Waals surface area contributed by atoms with Crippen molar-refractivity contribution in [3.63, 3.8) is 0 Å². The van der Waals surface area contributed by atoms with Gasteiger partial charge in [-0.25, -0.2) is 0 Å². The van der Waals surface area contributed by atoms with Crippen molar-refractivity contribution in [2.75, 3.05) is 4.90 Å². The maximum Gasteiger partial charge on any atom is 0.196 e. The number of hydrogen-bond acceptors (Lipinski definition) is 2.